The molecule has 3 heterocycles. The van der Waals surface area contributed by atoms with E-state index in [0.29, 0.717) is 30.2 Å². The van der Waals surface area contributed by atoms with E-state index in [1.807, 2.05) is 48.7 Å². The van der Waals surface area contributed by atoms with Gasteiger partial charge in [-0.2, -0.15) is 10.1 Å². The van der Waals surface area contributed by atoms with E-state index in [1.165, 1.54) is 9.13 Å². The summed E-state index contributed by atoms with van der Waals surface area (Å²) in [5, 5.41) is 6.23. The molecular weight excluding hydrogens is 332 g/mol. The lowest BCUT2D eigenvalue weighted by molar-refractivity contribution is 0.653. The van der Waals surface area contributed by atoms with Crippen LogP contribution in [0.15, 0.2) is 45.0 Å². The first-order valence-corrected chi connectivity index (χ1v) is 8.57. The van der Waals surface area contributed by atoms with Crippen LogP contribution < -0.4 is 16.3 Å². The van der Waals surface area contributed by atoms with E-state index in [0.717, 1.165) is 11.3 Å². The summed E-state index contributed by atoms with van der Waals surface area (Å²) >= 11 is 0. The van der Waals surface area contributed by atoms with Gasteiger partial charge in [0.25, 0.3) is 5.56 Å². The molecule has 0 fully saturated rings. The lowest BCUT2D eigenvalue weighted by Crippen LogP contribution is -2.40. The van der Waals surface area contributed by atoms with Crippen molar-refractivity contribution < 1.29 is 0 Å². The van der Waals surface area contributed by atoms with Gasteiger partial charge in [0.15, 0.2) is 11.2 Å². The highest BCUT2D eigenvalue weighted by Gasteiger charge is 2.25. The summed E-state index contributed by atoms with van der Waals surface area (Å²) in [6.45, 7) is 5.24. The maximum absolute atomic E-state index is 13.2. The van der Waals surface area contributed by atoms with Crippen molar-refractivity contribution in [3.8, 4) is 0 Å². The van der Waals surface area contributed by atoms with Crippen molar-refractivity contribution in [2.45, 2.75) is 26.9 Å². The summed E-state index contributed by atoms with van der Waals surface area (Å²) < 4.78 is 4.56. The molecule has 0 spiro atoms. The van der Waals surface area contributed by atoms with Crippen LogP contribution in [-0.2, 0) is 20.1 Å². The molecule has 2 aromatic heterocycles. The van der Waals surface area contributed by atoms with Gasteiger partial charge in [-0.3, -0.25) is 18.5 Å². The van der Waals surface area contributed by atoms with Crippen molar-refractivity contribution in [3.63, 3.8) is 0 Å². The van der Waals surface area contributed by atoms with Crippen LogP contribution in [0.2, 0.25) is 0 Å². The van der Waals surface area contributed by atoms with Crippen molar-refractivity contribution in [3.05, 3.63) is 56.7 Å². The summed E-state index contributed by atoms with van der Waals surface area (Å²) in [4.78, 5) is 30.5. The molecule has 0 saturated carbocycles. The lowest BCUT2D eigenvalue weighted by atomic mass is 10.2. The molecule has 0 bridgehead atoms. The normalized spacial score (nSPS) is 13.8. The first-order valence-electron chi connectivity index (χ1n) is 8.57. The van der Waals surface area contributed by atoms with Crippen molar-refractivity contribution in [1.82, 2.24) is 18.7 Å². The van der Waals surface area contributed by atoms with Crippen LogP contribution in [0.25, 0.3) is 11.2 Å². The van der Waals surface area contributed by atoms with Crippen molar-refractivity contribution in [1.29, 1.82) is 0 Å². The fourth-order valence-electron chi connectivity index (χ4n) is 3.34. The van der Waals surface area contributed by atoms with Gasteiger partial charge in [-0.25, -0.2) is 9.80 Å². The lowest BCUT2D eigenvalue weighted by Gasteiger charge is -2.23. The molecule has 0 N–H and O–H groups in total. The van der Waals surface area contributed by atoms with Crippen molar-refractivity contribution in [2.24, 2.45) is 12.1 Å². The third-order valence-electron chi connectivity index (χ3n) is 4.60. The number of aryl methyl sites for hydroxylation is 1. The number of rotatable bonds is 3. The number of hydrogen-bond donors (Lipinski definition) is 0. The number of hydrazone groups is 1. The molecule has 8 nitrogen and oxygen atoms in total. The van der Waals surface area contributed by atoms with Crippen LogP contribution in [-0.4, -0.2) is 30.9 Å². The summed E-state index contributed by atoms with van der Waals surface area (Å²) in [7, 11) is 1.65. The third-order valence-corrected chi connectivity index (χ3v) is 4.60. The van der Waals surface area contributed by atoms with E-state index in [-0.39, 0.29) is 17.8 Å². The number of hydrogen-bond acceptors (Lipinski definition) is 5. The minimum Gasteiger partial charge on any atom is -0.297 e. The molecule has 1 aliphatic heterocycles. The van der Waals surface area contributed by atoms with Gasteiger partial charge in [-0.05, 0) is 19.4 Å². The van der Waals surface area contributed by atoms with E-state index < -0.39 is 0 Å². The average molecular weight is 352 g/mol. The SMILES string of the molecule is CCN1N=C(C)Cn2c1nc1c2c(=O)n(Cc2ccccc2)c(=O)n1C. The molecule has 1 aliphatic rings. The quantitative estimate of drug-likeness (QED) is 0.709. The van der Waals surface area contributed by atoms with Crippen LogP contribution in [0.4, 0.5) is 5.95 Å². The minimum absolute atomic E-state index is 0.230. The number of benzene rings is 1. The summed E-state index contributed by atoms with van der Waals surface area (Å²) in [5.41, 5.74) is 1.92. The number of nitrogens with zero attached hydrogens (tertiary/aromatic N) is 6. The predicted molar refractivity (Wildman–Crippen MR) is 101 cm³/mol. The molecule has 0 aliphatic carbocycles. The summed E-state index contributed by atoms with van der Waals surface area (Å²) in [6, 6.07) is 9.49. The van der Waals surface area contributed by atoms with Gasteiger partial charge in [0.2, 0.25) is 5.95 Å². The van der Waals surface area contributed by atoms with Crippen LogP contribution in [0.5, 0.6) is 0 Å². The fraction of sp³-hybridized carbons (Fsp3) is 0.333. The van der Waals surface area contributed by atoms with E-state index in [9.17, 15) is 9.59 Å². The highest BCUT2D eigenvalue weighted by atomic mass is 16.2. The Balaban J connectivity index is 1.98. The molecule has 8 heteroatoms. The number of fused-ring (bicyclic) bond motifs is 3. The topological polar surface area (TPSA) is 77.4 Å². The molecule has 0 unspecified atom stereocenters. The van der Waals surface area contributed by atoms with Crippen LogP contribution >= 0.6 is 0 Å². The smallest absolute Gasteiger partial charge is 0.297 e. The van der Waals surface area contributed by atoms with Crippen molar-refractivity contribution in [2.75, 3.05) is 11.6 Å². The van der Waals surface area contributed by atoms with Gasteiger partial charge in [0, 0.05) is 13.6 Å². The number of aromatic nitrogens is 4. The average Bonchev–Trinajstić information content (AvgIpc) is 3.03. The summed E-state index contributed by atoms with van der Waals surface area (Å²) in [5.74, 6) is 0.595. The second-order valence-electron chi connectivity index (χ2n) is 6.44. The highest BCUT2D eigenvalue weighted by Crippen LogP contribution is 2.23. The largest absolute Gasteiger partial charge is 0.332 e. The maximum atomic E-state index is 13.2. The highest BCUT2D eigenvalue weighted by molar-refractivity contribution is 5.87. The molecule has 0 atom stereocenters. The fourth-order valence-corrected chi connectivity index (χ4v) is 3.34. The monoisotopic (exact) mass is 352 g/mol. The van der Waals surface area contributed by atoms with Gasteiger partial charge >= 0.3 is 5.69 Å². The second kappa shape index (κ2) is 5.98. The van der Waals surface area contributed by atoms with Crippen LogP contribution in [0.3, 0.4) is 0 Å². The van der Waals surface area contributed by atoms with E-state index in [4.69, 9.17) is 0 Å². The van der Waals surface area contributed by atoms with Gasteiger partial charge in [-0.15, -0.1) is 0 Å². The zero-order chi connectivity index (χ0) is 18.4. The Morgan fingerprint density at radius 3 is 2.58 bits per heavy atom. The van der Waals surface area contributed by atoms with Gasteiger partial charge in [0.05, 0.1) is 18.8 Å². The Bertz CT molecular complexity index is 1140. The van der Waals surface area contributed by atoms with Crippen LogP contribution in [0, 0.1) is 0 Å². The van der Waals surface area contributed by atoms with E-state index in [1.54, 1.807) is 12.1 Å². The molecule has 0 amide bonds. The second-order valence-corrected chi connectivity index (χ2v) is 6.44. The third kappa shape index (κ3) is 2.37. The molecular formula is C18H20N6O2. The minimum atomic E-state index is -0.373. The Morgan fingerprint density at radius 2 is 1.88 bits per heavy atom. The molecule has 4 rings (SSSR count). The van der Waals surface area contributed by atoms with Crippen molar-refractivity contribution >= 4 is 22.8 Å². The molecule has 3 aromatic rings. The molecule has 1 aromatic carbocycles. The van der Waals surface area contributed by atoms with Crippen LogP contribution in [0.1, 0.15) is 19.4 Å². The predicted octanol–water partition coefficient (Wildman–Crippen LogP) is 1.16. The standard InChI is InChI=1S/C18H20N6O2/c1-4-24-17-19-15-14(22(17)10-12(2)20-24)16(25)23(18(26)21(15)3)11-13-8-6-5-7-9-13/h5-9H,4,10-11H2,1-3H3. The summed E-state index contributed by atoms with van der Waals surface area (Å²) in [6.07, 6.45) is 0. The van der Waals surface area contributed by atoms with Gasteiger partial charge in [-0.1, -0.05) is 30.3 Å². The number of imidazole rings is 1. The number of anilines is 1. The molecule has 26 heavy (non-hydrogen) atoms. The van der Waals surface area contributed by atoms with E-state index in [2.05, 4.69) is 10.1 Å². The molecule has 0 radical (unpaired) electrons. The zero-order valence-electron chi connectivity index (χ0n) is 15.0. The Hall–Kier alpha value is -3.16. The Morgan fingerprint density at radius 1 is 1.15 bits per heavy atom. The Kier molecular flexibility index (Phi) is 3.75. The molecule has 0 saturated heterocycles. The van der Waals surface area contributed by atoms with Gasteiger partial charge in [0.1, 0.15) is 0 Å². The van der Waals surface area contributed by atoms with E-state index >= 15 is 0 Å². The Labute approximate surface area is 149 Å². The van der Waals surface area contributed by atoms with Gasteiger partial charge < -0.3 is 0 Å². The molecule has 134 valence electrons. The first kappa shape index (κ1) is 16.3. The first-order chi connectivity index (χ1) is 12.5. The zero-order valence-corrected chi connectivity index (χ0v) is 15.0. The maximum Gasteiger partial charge on any atom is 0.332 e.